The zero-order valence-corrected chi connectivity index (χ0v) is 12.5. The van der Waals surface area contributed by atoms with Crippen molar-refractivity contribution >= 4 is 11.6 Å². The number of aryl methyl sites for hydroxylation is 2. The molecule has 0 spiro atoms. The smallest absolute Gasteiger partial charge is 0.0421 e. The molecule has 0 bridgehead atoms. The Balaban J connectivity index is 2.29. The molecule has 0 radical (unpaired) electrons. The second-order valence-electron chi connectivity index (χ2n) is 5.52. The van der Waals surface area contributed by atoms with Gasteiger partial charge in [-0.2, -0.15) is 0 Å². The summed E-state index contributed by atoms with van der Waals surface area (Å²) >= 11 is 6.02. The van der Waals surface area contributed by atoms with Gasteiger partial charge in [0.2, 0.25) is 0 Å². The molecule has 0 saturated heterocycles. The molecule has 2 heteroatoms. The van der Waals surface area contributed by atoms with Crippen LogP contribution in [0.5, 0.6) is 0 Å². The standard InChI is InChI=1S/C17H20ClN/c1-12-7-8-15(9-13(12)2)17(3,19)11-14-5-4-6-16(18)10-14/h4-10H,11,19H2,1-3H3. The minimum Gasteiger partial charge on any atom is -0.321 e. The predicted octanol–water partition coefficient (Wildman–Crippen LogP) is 4.37. The van der Waals surface area contributed by atoms with Gasteiger partial charge in [0.05, 0.1) is 0 Å². The summed E-state index contributed by atoms with van der Waals surface area (Å²) in [5.74, 6) is 0. The van der Waals surface area contributed by atoms with E-state index < -0.39 is 0 Å². The van der Waals surface area contributed by atoms with Crippen LogP contribution >= 0.6 is 11.6 Å². The Bertz CT molecular complexity index is 588. The van der Waals surface area contributed by atoms with E-state index in [0.29, 0.717) is 0 Å². The van der Waals surface area contributed by atoms with E-state index in [2.05, 4.69) is 45.0 Å². The number of halogens is 1. The fraction of sp³-hybridized carbons (Fsp3) is 0.294. The lowest BCUT2D eigenvalue weighted by Gasteiger charge is -2.26. The first-order chi connectivity index (χ1) is 8.88. The fourth-order valence-electron chi connectivity index (χ4n) is 2.27. The summed E-state index contributed by atoms with van der Waals surface area (Å²) in [7, 11) is 0. The van der Waals surface area contributed by atoms with Crippen molar-refractivity contribution < 1.29 is 0 Å². The Hall–Kier alpha value is -1.31. The molecule has 19 heavy (non-hydrogen) atoms. The van der Waals surface area contributed by atoms with Crippen LogP contribution < -0.4 is 5.73 Å². The normalized spacial score (nSPS) is 14.2. The van der Waals surface area contributed by atoms with E-state index in [1.807, 2.05) is 18.2 Å². The predicted molar refractivity (Wildman–Crippen MR) is 82.6 cm³/mol. The van der Waals surface area contributed by atoms with Crippen molar-refractivity contribution in [2.24, 2.45) is 5.73 Å². The molecular weight excluding hydrogens is 254 g/mol. The molecule has 1 atom stereocenters. The Kier molecular flexibility index (Phi) is 3.98. The van der Waals surface area contributed by atoms with Gasteiger partial charge in [0, 0.05) is 10.6 Å². The van der Waals surface area contributed by atoms with Crippen LogP contribution in [0.2, 0.25) is 5.02 Å². The molecule has 2 rings (SSSR count). The summed E-state index contributed by atoms with van der Waals surface area (Å²) in [4.78, 5) is 0. The molecule has 1 nitrogen and oxygen atoms in total. The SMILES string of the molecule is Cc1ccc(C(C)(N)Cc2cccc(Cl)c2)cc1C. The highest BCUT2D eigenvalue weighted by Gasteiger charge is 2.22. The Labute approximate surface area is 120 Å². The highest BCUT2D eigenvalue weighted by molar-refractivity contribution is 6.30. The zero-order chi connectivity index (χ0) is 14.0. The van der Waals surface area contributed by atoms with Gasteiger partial charge in [0.1, 0.15) is 0 Å². The molecule has 100 valence electrons. The van der Waals surface area contributed by atoms with Crippen LogP contribution in [0.15, 0.2) is 42.5 Å². The molecule has 0 aliphatic rings. The molecule has 0 saturated carbocycles. The van der Waals surface area contributed by atoms with Crippen LogP contribution in [-0.2, 0) is 12.0 Å². The molecule has 2 aromatic rings. The molecular formula is C17H20ClN. The lowest BCUT2D eigenvalue weighted by molar-refractivity contribution is 0.491. The summed E-state index contributed by atoms with van der Waals surface area (Å²) in [5.41, 5.74) is 11.0. The van der Waals surface area contributed by atoms with Crippen molar-refractivity contribution in [3.8, 4) is 0 Å². The van der Waals surface area contributed by atoms with Gasteiger partial charge in [0.25, 0.3) is 0 Å². The topological polar surface area (TPSA) is 26.0 Å². The largest absolute Gasteiger partial charge is 0.321 e. The minimum atomic E-state index is -0.386. The van der Waals surface area contributed by atoms with Crippen molar-refractivity contribution in [1.29, 1.82) is 0 Å². The highest BCUT2D eigenvalue weighted by atomic mass is 35.5. The molecule has 2 N–H and O–H groups in total. The van der Waals surface area contributed by atoms with Gasteiger partial charge in [0.15, 0.2) is 0 Å². The number of hydrogen-bond acceptors (Lipinski definition) is 1. The highest BCUT2D eigenvalue weighted by Crippen LogP contribution is 2.25. The van der Waals surface area contributed by atoms with Gasteiger partial charge in [-0.3, -0.25) is 0 Å². The maximum Gasteiger partial charge on any atom is 0.0421 e. The number of nitrogens with two attached hydrogens (primary N) is 1. The van der Waals surface area contributed by atoms with Crippen LogP contribution in [0, 0.1) is 13.8 Å². The van der Waals surface area contributed by atoms with Gasteiger partial charge in [-0.15, -0.1) is 0 Å². The summed E-state index contributed by atoms with van der Waals surface area (Å²) in [6.07, 6.45) is 0.774. The van der Waals surface area contributed by atoms with Gasteiger partial charge in [-0.05, 0) is 61.6 Å². The zero-order valence-electron chi connectivity index (χ0n) is 11.7. The molecule has 2 aromatic carbocycles. The third-order valence-electron chi connectivity index (χ3n) is 3.63. The van der Waals surface area contributed by atoms with Crippen molar-refractivity contribution in [2.75, 3.05) is 0 Å². The molecule has 0 aromatic heterocycles. The summed E-state index contributed by atoms with van der Waals surface area (Å²) in [6, 6.07) is 14.3. The fourth-order valence-corrected chi connectivity index (χ4v) is 2.48. The van der Waals surface area contributed by atoms with Crippen LogP contribution in [0.25, 0.3) is 0 Å². The van der Waals surface area contributed by atoms with Crippen LogP contribution in [-0.4, -0.2) is 0 Å². The van der Waals surface area contributed by atoms with Gasteiger partial charge in [-0.1, -0.05) is 41.9 Å². The van der Waals surface area contributed by atoms with E-state index in [1.54, 1.807) is 0 Å². The molecule has 0 aliphatic carbocycles. The third kappa shape index (κ3) is 3.37. The first kappa shape index (κ1) is 14.1. The van der Waals surface area contributed by atoms with E-state index in [4.69, 9.17) is 17.3 Å². The number of benzene rings is 2. The molecule has 0 fully saturated rings. The Morgan fingerprint density at radius 3 is 2.42 bits per heavy atom. The number of hydrogen-bond donors (Lipinski definition) is 1. The first-order valence-electron chi connectivity index (χ1n) is 6.49. The monoisotopic (exact) mass is 273 g/mol. The van der Waals surface area contributed by atoms with E-state index in [1.165, 1.54) is 11.1 Å². The number of rotatable bonds is 3. The Morgan fingerprint density at radius 1 is 1.05 bits per heavy atom. The average molecular weight is 274 g/mol. The van der Waals surface area contributed by atoms with Gasteiger partial charge >= 0.3 is 0 Å². The maximum atomic E-state index is 6.50. The second-order valence-corrected chi connectivity index (χ2v) is 5.96. The summed E-state index contributed by atoms with van der Waals surface area (Å²) in [5, 5.41) is 0.758. The lowest BCUT2D eigenvalue weighted by atomic mass is 9.85. The van der Waals surface area contributed by atoms with Crippen LogP contribution in [0.1, 0.15) is 29.2 Å². The first-order valence-corrected chi connectivity index (χ1v) is 6.87. The van der Waals surface area contributed by atoms with Crippen LogP contribution in [0.4, 0.5) is 0 Å². The second kappa shape index (κ2) is 5.36. The van der Waals surface area contributed by atoms with Crippen LogP contribution in [0.3, 0.4) is 0 Å². The lowest BCUT2D eigenvalue weighted by Crippen LogP contribution is -2.35. The van der Waals surface area contributed by atoms with E-state index in [0.717, 1.165) is 22.6 Å². The quantitative estimate of drug-likeness (QED) is 0.883. The Morgan fingerprint density at radius 2 is 1.79 bits per heavy atom. The van der Waals surface area contributed by atoms with Gasteiger partial charge < -0.3 is 5.73 Å². The van der Waals surface area contributed by atoms with E-state index >= 15 is 0 Å². The van der Waals surface area contributed by atoms with Crippen molar-refractivity contribution in [2.45, 2.75) is 32.7 Å². The van der Waals surface area contributed by atoms with E-state index in [-0.39, 0.29) is 5.54 Å². The van der Waals surface area contributed by atoms with E-state index in [9.17, 15) is 0 Å². The maximum absolute atomic E-state index is 6.50. The summed E-state index contributed by atoms with van der Waals surface area (Å²) in [6.45, 7) is 6.30. The molecule has 0 aliphatic heterocycles. The summed E-state index contributed by atoms with van der Waals surface area (Å²) < 4.78 is 0. The van der Waals surface area contributed by atoms with Crippen molar-refractivity contribution in [3.05, 3.63) is 69.7 Å². The van der Waals surface area contributed by atoms with Gasteiger partial charge in [-0.25, -0.2) is 0 Å². The average Bonchev–Trinajstić information content (AvgIpc) is 2.32. The minimum absolute atomic E-state index is 0.386. The van der Waals surface area contributed by atoms with Crippen molar-refractivity contribution in [3.63, 3.8) is 0 Å². The molecule has 0 amide bonds. The molecule has 1 unspecified atom stereocenters. The van der Waals surface area contributed by atoms with Crippen molar-refractivity contribution in [1.82, 2.24) is 0 Å². The molecule has 0 heterocycles. The third-order valence-corrected chi connectivity index (χ3v) is 3.86.